The van der Waals surface area contributed by atoms with Crippen LogP contribution in [0.3, 0.4) is 0 Å². The molecule has 3 atom stereocenters. The first-order chi connectivity index (χ1) is 13.8. The summed E-state index contributed by atoms with van der Waals surface area (Å²) in [4.78, 5) is 12.6. The summed E-state index contributed by atoms with van der Waals surface area (Å²) in [6.07, 6.45) is 4.35. The van der Waals surface area contributed by atoms with Gasteiger partial charge in [-0.1, -0.05) is 19.0 Å². The van der Waals surface area contributed by atoms with Crippen LogP contribution in [0.25, 0.3) is 0 Å². The fourth-order valence-corrected chi connectivity index (χ4v) is 6.87. The quantitative estimate of drug-likeness (QED) is 0.731. The van der Waals surface area contributed by atoms with Gasteiger partial charge in [0.05, 0.1) is 0 Å². The van der Waals surface area contributed by atoms with Crippen molar-refractivity contribution in [3.8, 4) is 0 Å². The van der Waals surface area contributed by atoms with Gasteiger partial charge in [-0.05, 0) is 38.5 Å². The SMILES string of the molecule is CC(C)c1cc(C(=O)N[C@H]2C[C@H]3CC[C@@H](C2)N3S(=O)(=O)N2CCC(N)CC2)no1. The van der Waals surface area contributed by atoms with Crippen LogP contribution in [0.2, 0.25) is 0 Å². The highest BCUT2D eigenvalue weighted by molar-refractivity contribution is 7.86. The van der Waals surface area contributed by atoms with Crippen LogP contribution in [0.5, 0.6) is 0 Å². The molecule has 0 radical (unpaired) electrons. The Bertz CT molecular complexity index is 833. The van der Waals surface area contributed by atoms with Gasteiger partial charge in [-0.2, -0.15) is 17.0 Å². The molecule has 2 bridgehead atoms. The lowest BCUT2D eigenvalue weighted by Gasteiger charge is -2.41. The summed E-state index contributed by atoms with van der Waals surface area (Å²) >= 11 is 0. The molecule has 3 fully saturated rings. The van der Waals surface area contributed by atoms with E-state index in [-0.39, 0.29) is 41.7 Å². The van der Waals surface area contributed by atoms with Crippen LogP contribution in [-0.4, -0.2) is 65.3 Å². The van der Waals surface area contributed by atoms with Gasteiger partial charge >= 0.3 is 0 Å². The van der Waals surface area contributed by atoms with Crippen LogP contribution < -0.4 is 11.1 Å². The lowest BCUT2D eigenvalue weighted by atomic mass is 9.99. The molecule has 1 aromatic heterocycles. The molecule has 9 nitrogen and oxygen atoms in total. The van der Waals surface area contributed by atoms with E-state index in [1.165, 1.54) is 0 Å². The summed E-state index contributed by atoms with van der Waals surface area (Å²) < 4.78 is 35.0. The average Bonchev–Trinajstić information content (AvgIpc) is 3.26. The van der Waals surface area contributed by atoms with E-state index in [1.54, 1.807) is 14.7 Å². The zero-order chi connectivity index (χ0) is 20.8. The highest BCUT2D eigenvalue weighted by Gasteiger charge is 2.49. The number of aromatic nitrogens is 1. The van der Waals surface area contributed by atoms with Crippen molar-refractivity contribution < 1.29 is 17.7 Å². The fraction of sp³-hybridized carbons (Fsp3) is 0.789. The van der Waals surface area contributed by atoms with E-state index >= 15 is 0 Å². The molecule has 0 saturated carbocycles. The Kier molecular flexibility index (Phi) is 5.71. The summed E-state index contributed by atoms with van der Waals surface area (Å²) in [5.74, 6) is 0.585. The molecule has 29 heavy (non-hydrogen) atoms. The molecular formula is C19H31N5O4S. The standard InChI is InChI=1S/C19H31N5O4S/c1-12(2)18-11-17(22-28-18)19(25)21-14-9-15-3-4-16(10-14)24(15)29(26,27)23-7-5-13(20)6-8-23/h11-16H,3-10,20H2,1-2H3,(H,21,25)/t14-,15+,16-. The lowest BCUT2D eigenvalue weighted by molar-refractivity contribution is 0.0897. The van der Waals surface area contributed by atoms with Gasteiger partial charge in [0.2, 0.25) is 0 Å². The molecule has 3 aliphatic heterocycles. The first-order valence-electron chi connectivity index (χ1n) is 10.6. The van der Waals surface area contributed by atoms with Gasteiger partial charge < -0.3 is 15.6 Å². The Labute approximate surface area is 172 Å². The zero-order valence-electron chi connectivity index (χ0n) is 17.1. The molecule has 0 aliphatic carbocycles. The molecule has 4 heterocycles. The van der Waals surface area contributed by atoms with Crippen LogP contribution in [0.4, 0.5) is 0 Å². The maximum Gasteiger partial charge on any atom is 0.282 e. The van der Waals surface area contributed by atoms with Gasteiger partial charge in [-0.25, -0.2) is 0 Å². The fourth-order valence-electron chi connectivity index (χ4n) is 4.80. The summed E-state index contributed by atoms with van der Waals surface area (Å²) in [7, 11) is -3.48. The lowest BCUT2D eigenvalue weighted by Crippen LogP contribution is -2.57. The van der Waals surface area contributed by atoms with Crippen LogP contribution in [0.1, 0.15) is 74.5 Å². The molecule has 4 rings (SSSR count). The highest BCUT2D eigenvalue weighted by Crippen LogP contribution is 2.39. The van der Waals surface area contributed by atoms with Crippen LogP contribution in [-0.2, 0) is 10.2 Å². The monoisotopic (exact) mass is 425 g/mol. The van der Waals surface area contributed by atoms with Crippen molar-refractivity contribution in [3.05, 3.63) is 17.5 Å². The van der Waals surface area contributed by atoms with Gasteiger partial charge in [0.1, 0.15) is 5.76 Å². The molecule has 1 aromatic rings. The number of carbonyl (C=O) groups is 1. The summed E-state index contributed by atoms with van der Waals surface area (Å²) in [5, 5.41) is 6.90. The Morgan fingerprint density at radius 2 is 1.83 bits per heavy atom. The minimum absolute atomic E-state index is 0.0552. The third-order valence-electron chi connectivity index (χ3n) is 6.42. The highest BCUT2D eigenvalue weighted by atomic mass is 32.2. The number of amides is 1. The molecule has 3 aliphatic rings. The zero-order valence-corrected chi connectivity index (χ0v) is 17.9. The van der Waals surface area contributed by atoms with Crippen molar-refractivity contribution >= 4 is 16.1 Å². The van der Waals surface area contributed by atoms with E-state index in [0.29, 0.717) is 44.5 Å². The van der Waals surface area contributed by atoms with E-state index < -0.39 is 10.2 Å². The van der Waals surface area contributed by atoms with E-state index in [4.69, 9.17) is 10.3 Å². The first kappa shape index (κ1) is 20.8. The van der Waals surface area contributed by atoms with Crippen LogP contribution in [0, 0.1) is 0 Å². The van der Waals surface area contributed by atoms with E-state index in [2.05, 4.69) is 10.5 Å². The average molecular weight is 426 g/mol. The third-order valence-corrected chi connectivity index (χ3v) is 8.57. The smallest absolute Gasteiger partial charge is 0.282 e. The van der Waals surface area contributed by atoms with Crippen molar-refractivity contribution in [1.82, 2.24) is 19.1 Å². The Balaban J connectivity index is 1.40. The second kappa shape index (κ2) is 7.98. The topological polar surface area (TPSA) is 122 Å². The minimum atomic E-state index is -3.48. The summed E-state index contributed by atoms with van der Waals surface area (Å²) in [5.41, 5.74) is 6.21. The number of fused-ring (bicyclic) bond motifs is 2. The van der Waals surface area contributed by atoms with Gasteiger partial charge in [0.25, 0.3) is 16.1 Å². The first-order valence-corrected chi connectivity index (χ1v) is 12.0. The number of nitrogens with one attached hydrogen (secondary N) is 1. The number of carbonyl (C=O) groups excluding carboxylic acids is 1. The Morgan fingerprint density at radius 1 is 1.21 bits per heavy atom. The maximum atomic E-state index is 13.2. The van der Waals surface area contributed by atoms with Gasteiger partial charge in [0, 0.05) is 49.2 Å². The van der Waals surface area contributed by atoms with Crippen molar-refractivity contribution in [1.29, 1.82) is 0 Å². The number of piperidine rings is 2. The molecule has 162 valence electrons. The molecule has 0 aromatic carbocycles. The number of nitrogens with two attached hydrogens (primary N) is 1. The maximum absolute atomic E-state index is 13.2. The number of rotatable bonds is 5. The second-order valence-corrected chi connectivity index (χ2v) is 10.7. The summed E-state index contributed by atoms with van der Waals surface area (Å²) in [6.45, 7) is 4.94. The van der Waals surface area contributed by atoms with E-state index in [9.17, 15) is 13.2 Å². The summed E-state index contributed by atoms with van der Waals surface area (Å²) in [6, 6.07) is 1.58. The van der Waals surface area contributed by atoms with Gasteiger partial charge in [-0.3, -0.25) is 4.79 Å². The van der Waals surface area contributed by atoms with Crippen molar-refractivity contribution in [2.75, 3.05) is 13.1 Å². The Morgan fingerprint density at radius 3 is 2.38 bits per heavy atom. The molecule has 0 spiro atoms. The second-order valence-electron chi connectivity index (χ2n) is 8.87. The normalized spacial score (nSPS) is 29.4. The number of nitrogens with zero attached hydrogens (tertiary/aromatic N) is 3. The molecule has 3 saturated heterocycles. The van der Waals surface area contributed by atoms with Crippen molar-refractivity contribution in [2.24, 2.45) is 5.73 Å². The minimum Gasteiger partial charge on any atom is -0.360 e. The van der Waals surface area contributed by atoms with Crippen molar-refractivity contribution in [2.45, 2.75) is 82.5 Å². The Hall–Kier alpha value is -1.49. The van der Waals surface area contributed by atoms with Crippen LogP contribution >= 0.6 is 0 Å². The molecular weight excluding hydrogens is 394 g/mol. The number of hydrogen-bond donors (Lipinski definition) is 2. The third kappa shape index (κ3) is 4.08. The molecule has 3 N–H and O–H groups in total. The number of hydrogen-bond acceptors (Lipinski definition) is 6. The van der Waals surface area contributed by atoms with Crippen LogP contribution in [0.15, 0.2) is 10.6 Å². The predicted molar refractivity (Wildman–Crippen MR) is 107 cm³/mol. The van der Waals surface area contributed by atoms with Gasteiger partial charge in [0.15, 0.2) is 5.69 Å². The predicted octanol–water partition coefficient (Wildman–Crippen LogP) is 1.19. The molecule has 0 unspecified atom stereocenters. The van der Waals surface area contributed by atoms with Gasteiger partial charge in [-0.15, -0.1) is 0 Å². The molecule has 1 amide bonds. The largest absolute Gasteiger partial charge is 0.360 e. The molecule has 10 heteroatoms. The van der Waals surface area contributed by atoms with E-state index in [0.717, 1.165) is 12.8 Å². The van der Waals surface area contributed by atoms with E-state index in [1.807, 2.05) is 13.8 Å². The van der Waals surface area contributed by atoms with Crippen molar-refractivity contribution in [3.63, 3.8) is 0 Å².